The Morgan fingerprint density at radius 2 is 1.79 bits per heavy atom. The maximum absolute atomic E-state index is 15.8. The minimum absolute atomic E-state index is 0.0142. The van der Waals surface area contributed by atoms with E-state index < -0.39 is 97.0 Å². The summed E-state index contributed by atoms with van der Waals surface area (Å²) in [4.78, 5) is 33.2. The summed E-state index contributed by atoms with van der Waals surface area (Å²) in [6.07, 6.45) is -7.77. The zero-order valence-electron chi connectivity index (χ0n) is 21.9. The van der Waals surface area contributed by atoms with E-state index in [4.69, 9.17) is 0 Å². The molecule has 2 atom stereocenters. The van der Waals surface area contributed by atoms with Crippen LogP contribution in [-0.2, 0) is 4.79 Å². The van der Waals surface area contributed by atoms with Crippen LogP contribution in [0, 0.1) is 18.7 Å². The molecular weight excluding hydrogens is 584 g/mol. The zero-order chi connectivity index (χ0) is 30.6. The predicted octanol–water partition coefficient (Wildman–Crippen LogP) is 5.20. The van der Waals surface area contributed by atoms with E-state index >= 15 is 4.39 Å². The third-order valence-corrected chi connectivity index (χ3v) is 7.59. The van der Waals surface area contributed by atoms with Gasteiger partial charge in [0.05, 0.1) is 37.0 Å². The smallest absolute Gasteiger partial charge is 0.340 e. The van der Waals surface area contributed by atoms with Gasteiger partial charge in [-0.3, -0.25) is 9.59 Å². The minimum atomic E-state index is -4.93. The fourth-order valence-electron chi connectivity index (χ4n) is 5.40. The largest absolute Gasteiger partial charge is 0.390 e. The van der Waals surface area contributed by atoms with Crippen LogP contribution in [0.15, 0.2) is 16.8 Å². The first-order chi connectivity index (χ1) is 19.5. The average Bonchev–Trinajstić information content (AvgIpc) is 3.51. The number of halogens is 8. The average molecular weight is 608 g/mol. The summed E-state index contributed by atoms with van der Waals surface area (Å²) in [6.45, 7) is -0.725. The molecule has 3 heterocycles. The molecule has 228 valence electrons. The van der Waals surface area contributed by atoms with Gasteiger partial charge < -0.3 is 15.2 Å². The Bertz CT molecular complexity index is 1480. The van der Waals surface area contributed by atoms with E-state index in [0.29, 0.717) is 4.90 Å². The number of aryl methyl sites for hydroxylation is 1. The summed E-state index contributed by atoms with van der Waals surface area (Å²) in [5.41, 5.74) is -1.23. The molecule has 2 aliphatic rings. The number of nitrogens with one attached hydrogen (secondary N) is 2. The molecule has 0 bridgehead atoms. The quantitative estimate of drug-likeness (QED) is 0.356. The van der Waals surface area contributed by atoms with Gasteiger partial charge in [0.25, 0.3) is 11.8 Å². The number of aromatic nitrogens is 4. The van der Waals surface area contributed by atoms with E-state index in [1.807, 2.05) is 0 Å². The molecule has 1 aliphatic carbocycles. The summed E-state index contributed by atoms with van der Waals surface area (Å²) in [7, 11) is 0. The summed E-state index contributed by atoms with van der Waals surface area (Å²) in [6, 6.07) is 1.03. The molecular formula is C25H24F8N6O3. The number of rotatable bonds is 7. The molecule has 1 aromatic carbocycles. The molecule has 0 spiro atoms. The molecule has 2 aromatic heterocycles. The van der Waals surface area contributed by atoms with Crippen molar-refractivity contribution >= 4 is 22.8 Å². The lowest BCUT2D eigenvalue weighted by molar-refractivity contribution is -0.175. The molecule has 42 heavy (non-hydrogen) atoms. The Morgan fingerprint density at radius 3 is 2.36 bits per heavy atom. The van der Waals surface area contributed by atoms with Crippen LogP contribution in [0.2, 0.25) is 0 Å². The van der Waals surface area contributed by atoms with Gasteiger partial charge in [-0.1, -0.05) is 11.2 Å². The van der Waals surface area contributed by atoms with E-state index in [-0.39, 0.29) is 35.6 Å². The number of likely N-dealkylation sites (tertiary alicyclic amines) is 1. The number of hydrogen-bond donors (Lipinski definition) is 2. The topological polar surface area (TPSA) is 117 Å². The van der Waals surface area contributed by atoms with Crippen molar-refractivity contribution < 1.29 is 49.3 Å². The number of H-pyrrole nitrogens is 1. The predicted molar refractivity (Wildman–Crippen MR) is 127 cm³/mol. The second kappa shape index (κ2) is 10.5. The third-order valence-electron chi connectivity index (χ3n) is 7.59. The van der Waals surface area contributed by atoms with Gasteiger partial charge in [-0.25, -0.2) is 31.6 Å². The molecule has 9 nitrogen and oxygen atoms in total. The molecule has 1 saturated heterocycles. The molecule has 1 unspecified atom stereocenters. The Hall–Kier alpha value is -3.79. The second-order valence-corrected chi connectivity index (χ2v) is 10.8. The van der Waals surface area contributed by atoms with E-state index in [1.54, 1.807) is 0 Å². The first-order valence-electron chi connectivity index (χ1n) is 12.9. The highest BCUT2D eigenvalue weighted by Crippen LogP contribution is 2.42. The monoisotopic (exact) mass is 608 g/mol. The molecule has 5 rings (SSSR count). The molecule has 0 radical (unpaired) electrons. The van der Waals surface area contributed by atoms with Gasteiger partial charge >= 0.3 is 6.18 Å². The van der Waals surface area contributed by atoms with Crippen LogP contribution in [0.1, 0.15) is 71.6 Å². The van der Waals surface area contributed by atoms with Gasteiger partial charge in [0.2, 0.25) is 11.8 Å². The number of carbonyl (C=O) groups excluding carboxylic acids is 2. The number of carbonyl (C=O) groups is 2. The van der Waals surface area contributed by atoms with Crippen molar-refractivity contribution in [3.63, 3.8) is 0 Å². The van der Waals surface area contributed by atoms with Gasteiger partial charge in [-0.15, -0.1) is 0 Å². The van der Waals surface area contributed by atoms with Crippen molar-refractivity contribution in [3.05, 3.63) is 40.7 Å². The van der Waals surface area contributed by atoms with Crippen LogP contribution in [0.25, 0.3) is 11.0 Å². The lowest BCUT2D eigenvalue weighted by Crippen LogP contribution is -2.59. The van der Waals surface area contributed by atoms with Crippen molar-refractivity contribution in [2.45, 2.75) is 69.0 Å². The van der Waals surface area contributed by atoms with E-state index in [9.17, 15) is 40.3 Å². The van der Waals surface area contributed by atoms with Crippen LogP contribution in [-0.4, -0.2) is 68.1 Å². The van der Waals surface area contributed by atoms with Crippen LogP contribution in [0.4, 0.5) is 35.1 Å². The lowest BCUT2D eigenvalue weighted by atomic mass is 9.81. The second-order valence-electron chi connectivity index (χ2n) is 10.8. The van der Waals surface area contributed by atoms with Gasteiger partial charge in [0.15, 0.2) is 11.5 Å². The number of nitrogens with zero attached hydrogens (tertiary/aromatic N) is 4. The molecule has 17 heteroatoms. The Morgan fingerprint density at radius 1 is 1.12 bits per heavy atom. The van der Waals surface area contributed by atoms with Crippen LogP contribution >= 0.6 is 0 Å². The number of alkyl halides is 7. The number of amides is 2. The summed E-state index contributed by atoms with van der Waals surface area (Å²) < 4.78 is 115. The fourth-order valence-corrected chi connectivity index (χ4v) is 5.40. The Kier molecular flexibility index (Phi) is 7.41. The first-order valence-corrected chi connectivity index (χ1v) is 12.9. The molecule has 2 fully saturated rings. The SMILES string of the molecule is Cc1nonc1C(=O)N[C@H](c1nc2c(F)c(C(CC(F)(F)F)C(=O)N3CC(F)(F)C3)ccc2[nH]1)C1CCC(F)(F)CC1. The molecule has 1 aliphatic heterocycles. The van der Waals surface area contributed by atoms with Crippen LogP contribution in [0.3, 0.4) is 0 Å². The van der Waals surface area contributed by atoms with Crippen LogP contribution in [0.5, 0.6) is 0 Å². The summed E-state index contributed by atoms with van der Waals surface area (Å²) >= 11 is 0. The minimum Gasteiger partial charge on any atom is -0.340 e. The van der Waals surface area contributed by atoms with Crippen molar-refractivity contribution in [1.29, 1.82) is 0 Å². The van der Waals surface area contributed by atoms with Crippen molar-refractivity contribution in [3.8, 4) is 0 Å². The standard InChI is InChI=1S/C25H24F8N6O3/c1-11-17(38-42-37-11)21(40)36-18(12-4-6-23(27,28)7-5-12)20-34-15-3-2-13(16(26)19(15)35-20)14(8-25(31,32)33)22(41)39-9-24(29,30)10-39/h2-3,12,14,18H,4-10H2,1H3,(H,34,35)(H,36,40)/t14?,18-/m0/s1. The molecule has 1 saturated carbocycles. The molecule has 2 N–H and O–H groups in total. The highest BCUT2D eigenvalue weighted by atomic mass is 19.4. The normalized spacial score (nSPS) is 20.3. The van der Waals surface area contributed by atoms with Gasteiger partial charge in [0, 0.05) is 18.4 Å². The van der Waals surface area contributed by atoms with Crippen molar-refractivity contribution in [2.24, 2.45) is 5.92 Å². The number of fused-ring (bicyclic) bond motifs is 1. The third kappa shape index (κ3) is 6.04. The fraction of sp³-hybridized carbons (Fsp3) is 0.560. The molecule has 3 aromatic rings. The maximum Gasteiger partial charge on any atom is 0.390 e. The number of aromatic amines is 1. The Labute approximate surface area is 232 Å². The number of benzene rings is 1. The van der Waals surface area contributed by atoms with E-state index in [2.05, 4.69) is 30.2 Å². The van der Waals surface area contributed by atoms with Crippen LogP contribution < -0.4 is 5.32 Å². The van der Waals surface area contributed by atoms with E-state index in [0.717, 1.165) is 6.07 Å². The lowest BCUT2D eigenvalue weighted by Gasteiger charge is -2.40. The highest BCUT2D eigenvalue weighted by Gasteiger charge is 2.50. The highest BCUT2D eigenvalue weighted by molar-refractivity contribution is 5.93. The van der Waals surface area contributed by atoms with Gasteiger partial charge in [-0.2, -0.15) is 13.2 Å². The van der Waals surface area contributed by atoms with Gasteiger partial charge in [-0.05, 0) is 36.9 Å². The number of hydrogen-bond acceptors (Lipinski definition) is 6. The van der Waals surface area contributed by atoms with Gasteiger partial charge in [0.1, 0.15) is 17.0 Å². The summed E-state index contributed by atoms with van der Waals surface area (Å²) in [5, 5.41) is 9.67. The maximum atomic E-state index is 15.8. The number of imidazole rings is 1. The van der Waals surface area contributed by atoms with Crippen molar-refractivity contribution in [2.75, 3.05) is 13.1 Å². The first kappa shape index (κ1) is 29.7. The molecule has 2 amide bonds. The Balaban J connectivity index is 1.50. The zero-order valence-corrected chi connectivity index (χ0v) is 21.9. The summed E-state index contributed by atoms with van der Waals surface area (Å²) in [5.74, 6) is -12.3. The van der Waals surface area contributed by atoms with Crippen molar-refractivity contribution in [1.82, 2.24) is 30.5 Å². The van der Waals surface area contributed by atoms with E-state index in [1.165, 1.54) is 13.0 Å².